The van der Waals surface area contributed by atoms with E-state index in [1.807, 2.05) is 0 Å². The van der Waals surface area contributed by atoms with Crippen LogP contribution in [0.25, 0.3) is 0 Å². The maximum absolute atomic E-state index is 5.09. The molecule has 2 N–H and O–H groups in total. The van der Waals surface area contributed by atoms with Crippen LogP contribution in [0.3, 0.4) is 0 Å². The number of likely N-dealkylation sites (N-methyl/N-ethyl adjacent to an activating group) is 1. The molecule has 1 aliphatic rings. The van der Waals surface area contributed by atoms with E-state index in [0.29, 0.717) is 0 Å². The Morgan fingerprint density at radius 3 is 2.57 bits per heavy atom. The van der Waals surface area contributed by atoms with Crippen molar-refractivity contribution in [1.29, 1.82) is 0 Å². The van der Waals surface area contributed by atoms with Gasteiger partial charge in [0.15, 0.2) is 5.96 Å². The van der Waals surface area contributed by atoms with E-state index < -0.39 is 0 Å². The molecule has 0 aromatic rings. The molecular formula is C16H36IN5O. The smallest absolute Gasteiger partial charge is 0.191 e. The average Bonchev–Trinajstić information content (AvgIpc) is 2.54. The molecule has 1 rings (SSSR count). The monoisotopic (exact) mass is 441 g/mol. The lowest BCUT2D eigenvalue weighted by Crippen LogP contribution is -2.42. The van der Waals surface area contributed by atoms with Crippen molar-refractivity contribution < 1.29 is 4.74 Å². The van der Waals surface area contributed by atoms with Crippen LogP contribution < -0.4 is 10.6 Å². The van der Waals surface area contributed by atoms with Crippen molar-refractivity contribution in [3.63, 3.8) is 0 Å². The zero-order chi connectivity index (χ0) is 16.0. The Hall–Kier alpha value is -0.120. The Bertz CT molecular complexity index is 298. The fraction of sp³-hybridized carbons (Fsp3) is 0.938. The van der Waals surface area contributed by atoms with Crippen LogP contribution in [0.2, 0.25) is 0 Å². The van der Waals surface area contributed by atoms with Gasteiger partial charge in [-0.2, -0.15) is 0 Å². The summed E-state index contributed by atoms with van der Waals surface area (Å²) in [6, 6.07) is 0. The van der Waals surface area contributed by atoms with Crippen LogP contribution >= 0.6 is 24.0 Å². The van der Waals surface area contributed by atoms with Gasteiger partial charge in [0.25, 0.3) is 0 Å². The summed E-state index contributed by atoms with van der Waals surface area (Å²) in [7, 11) is 3.85. The third-order valence-electron chi connectivity index (χ3n) is 3.94. The van der Waals surface area contributed by atoms with Crippen molar-refractivity contribution in [1.82, 2.24) is 20.4 Å². The number of piperidine rings is 1. The molecule has 0 radical (unpaired) electrons. The molecule has 0 aromatic heterocycles. The Balaban J connectivity index is 0.00000484. The number of aliphatic imine (C=N–C) groups is 1. The highest BCUT2D eigenvalue weighted by molar-refractivity contribution is 14.0. The van der Waals surface area contributed by atoms with E-state index in [1.54, 1.807) is 7.11 Å². The van der Waals surface area contributed by atoms with E-state index >= 15 is 0 Å². The number of hydrogen-bond acceptors (Lipinski definition) is 4. The SMILES string of the molecule is CCNC(=NCCN1CCCCC1)NCCN(C)CCOC.I. The first-order valence-electron chi connectivity index (χ1n) is 8.68. The molecule has 7 heteroatoms. The number of halogens is 1. The minimum atomic E-state index is 0. The fourth-order valence-electron chi connectivity index (χ4n) is 2.55. The van der Waals surface area contributed by atoms with Crippen molar-refractivity contribution >= 4 is 29.9 Å². The number of guanidine groups is 1. The number of likely N-dealkylation sites (tertiary alicyclic amines) is 1. The normalized spacial score (nSPS) is 16.3. The molecule has 1 heterocycles. The summed E-state index contributed by atoms with van der Waals surface area (Å²) in [6.07, 6.45) is 4.08. The van der Waals surface area contributed by atoms with E-state index in [4.69, 9.17) is 4.74 Å². The Morgan fingerprint density at radius 1 is 1.17 bits per heavy atom. The Kier molecular flexibility index (Phi) is 15.3. The highest BCUT2D eigenvalue weighted by Crippen LogP contribution is 2.07. The summed E-state index contributed by atoms with van der Waals surface area (Å²) in [4.78, 5) is 9.46. The molecule has 0 amide bonds. The second kappa shape index (κ2) is 15.4. The largest absolute Gasteiger partial charge is 0.383 e. The predicted octanol–water partition coefficient (Wildman–Crippen LogP) is 1.22. The highest BCUT2D eigenvalue weighted by atomic mass is 127. The van der Waals surface area contributed by atoms with Gasteiger partial charge in [-0.3, -0.25) is 4.99 Å². The molecule has 0 bridgehead atoms. The lowest BCUT2D eigenvalue weighted by atomic mass is 10.1. The number of nitrogens with zero attached hydrogens (tertiary/aromatic N) is 3. The van der Waals surface area contributed by atoms with Crippen LogP contribution in [0.15, 0.2) is 4.99 Å². The number of methoxy groups -OCH3 is 1. The summed E-state index contributed by atoms with van der Waals surface area (Å²) in [5.41, 5.74) is 0. The zero-order valence-electron chi connectivity index (χ0n) is 15.1. The van der Waals surface area contributed by atoms with Crippen molar-refractivity contribution in [2.24, 2.45) is 4.99 Å². The number of nitrogens with one attached hydrogen (secondary N) is 2. The second-order valence-electron chi connectivity index (χ2n) is 5.89. The molecule has 23 heavy (non-hydrogen) atoms. The van der Waals surface area contributed by atoms with E-state index in [-0.39, 0.29) is 24.0 Å². The summed E-state index contributed by atoms with van der Waals surface area (Å²) in [5.74, 6) is 0.930. The molecular weight excluding hydrogens is 405 g/mol. The molecule has 6 nitrogen and oxygen atoms in total. The molecule has 0 atom stereocenters. The lowest BCUT2D eigenvalue weighted by molar-refractivity contribution is 0.162. The Labute approximate surface area is 159 Å². The number of rotatable bonds is 10. The van der Waals surface area contributed by atoms with Crippen LogP contribution in [0.1, 0.15) is 26.2 Å². The van der Waals surface area contributed by atoms with Gasteiger partial charge in [-0.1, -0.05) is 6.42 Å². The van der Waals surface area contributed by atoms with E-state index in [0.717, 1.165) is 51.8 Å². The van der Waals surface area contributed by atoms with Crippen molar-refractivity contribution in [2.75, 3.05) is 73.1 Å². The molecule has 0 unspecified atom stereocenters. The lowest BCUT2D eigenvalue weighted by Gasteiger charge is -2.25. The van der Waals surface area contributed by atoms with Gasteiger partial charge in [0, 0.05) is 39.8 Å². The average molecular weight is 441 g/mol. The van der Waals surface area contributed by atoms with E-state index in [9.17, 15) is 0 Å². The van der Waals surface area contributed by atoms with Gasteiger partial charge in [-0.05, 0) is 39.9 Å². The standard InChI is InChI=1S/C16H35N5O.HI/c1-4-17-16(18-8-12-20(2)14-15-22-3)19-9-13-21-10-6-5-7-11-21;/h4-15H2,1-3H3,(H2,17,18,19);1H. The maximum atomic E-state index is 5.09. The summed E-state index contributed by atoms with van der Waals surface area (Å²) in [5, 5.41) is 6.72. The van der Waals surface area contributed by atoms with Crippen LogP contribution in [0, 0.1) is 0 Å². The molecule has 1 saturated heterocycles. The van der Waals surface area contributed by atoms with Crippen molar-refractivity contribution in [2.45, 2.75) is 26.2 Å². The van der Waals surface area contributed by atoms with Crippen LogP contribution in [0.4, 0.5) is 0 Å². The van der Waals surface area contributed by atoms with Crippen LogP contribution in [-0.4, -0.2) is 88.9 Å². The van der Waals surface area contributed by atoms with Gasteiger partial charge in [0.1, 0.15) is 0 Å². The zero-order valence-corrected chi connectivity index (χ0v) is 17.5. The molecule has 1 fully saturated rings. The molecule has 1 aliphatic heterocycles. The van der Waals surface area contributed by atoms with Gasteiger partial charge >= 0.3 is 0 Å². The first kappa shape index (κ1) is 22.9. The molecule has 138 valence electrons. The topological polar surface area (TPSA) is 52.1 Å². The van der Waals surface area contributed by atoms with Crippen molar-refractivity contribution in [3.8, 4) is 0 Å². The maximum Gasteiger partial charge on any atom is 0.191 e. The fourth-order valence-corrected chi connectivity index (χ4v) is 2.55. The van der Waals surface area contributed by atoms with E-state index in [2.05, 4.69) is 39.4 Å². The molecule has 0 aliphatic carbocycles. The van der Waals surface area contributed by atoms with Gasteiger partial charge in [-0.15, -0.1) is 24.0 Å². The van der Waals surface area contributed by atoms with E-state index in [1.165, 1.54) is 32.4 Å². The summed E-state index contributed by atoms with van der Waals surface area (Å²) in [6.45, 7) is 11.0. The molecule has 0 spiro atoms. The summed E-state index contributed by atoms with van der Waals surface area (Å²) >= 11 is 0. The van der Waals surface area contributed by atoms with Gasteiger partial charge in [0.05, 0.1) is 13.2 Å². The van der Waals surface area contributed by atoms with Gasteiger partial charge in [-0.25, -0.2) is 0 Å². The minimum Gasteiger partial charge on any atom is -0.383 e. The second-order valence-corrected chi connectivity index (χ2v) is 5.89. The van der Waals surface area contributed by atoms with Gasteiger partial charge in [0.2, 0.25) is 0 Å². The quantitative estimate of drug-likeness (QED) is 0.304. The first-order chi connectivity index (χ1) is 10.8. The van der Waals surface area contributed by atoms with Crippen molar-refractivity contribution in [3.05, 3.63) is 0 Å². The van der Waals surface area contributed by atoms with Crippen LogP contribution in [-0.2, 0) is 4.74 Å². The third-order valence-corrected chi connectivity index (χ3v) is 3.94. The minimum absolute atomic E-state index is 0. The molecule has 0 saturated carbocycles. The number of hydrogen-bond donors (Lipinski definition) is 2. The Morgan fingerprint density at radius 2 is 1.91 bits per heavy atom. The summed E-state index contributed by atoms with van der Waals surface area (Å²) < 4.78 is 5.09. The van der Waals surface area contributed by atoms with Gasteiger partial charge < -0.3 is 25.2 Å². The first-order valence-corrected chi connectivity index (χ1v) is 8.68. The van der Waals surface area contributed by atoms with Crippen LogP contribution in [0.5, 0.6) is 0 Å². The third kappa shape index (κ3) is 12.0. The predicted molar refractivity (Wildman–Crippen MR) is 109 cm³/mol. The highest BCUT2D eigenvalue weighted by Gasteiger charge is 2.08. The number of ether oxygens (including phenoxy) is 1. The molecule has 0 aromatic carbocycles.